The lowest BCUT2D eigenvalue weighted by atomic mass is 10.0. The molecule has 2 aliphatic rings. The fraction of sp³-hybridized carbons (Fsp3) is 0.458. The van der Waals surface area contributed by atoms with Crippen LogP contribution in [0.3, 0.4) is 0 Å². The largest absolute Gasteiger partial charge is 0.496 e. The second-order valence-electron chi connectivity index (χ2n) is 8.58. The SMILES string of the molecule is COc1ccc2ccccc2c1CN1CCCC(n2cc(C(=O)N3CCCC3)nn2)C1. The first-order valence-electron chi connectivity index (χ1n) is 11.2. The highest BCUT2D eigenvalue weighted by molar-refractivity contribution is 5.92. The number of aromatic nitrogens is 3. The van der Waals surface area contributed by atoms with Crippen LogP contribution in [0.4, 0.5) is 0 Å². The minimum absolute atomic E-state index is 0.0110. The molecule has 1 amide bonds. The van der Waals surface area contributed by atoms with Crippen LogP contribution in [0.5, 0.6) is 5.75 Å². The lowest BCUT2D eigenvalue weighted by Gasteiger charge is -2.33. The molecule has 0 bridgehead atoms. The summed E-state index contributed by atoms with van der Waals surface area (Å²) >= 11 is 0. The van der Waals surface area contributed by atoms with Crippen molar-refractivity contribution < 1.29 is 9.53 Å². The lowest BCUT2D eigenvalue weighted by molar-refractivity contribution is 0.0787. The van der Waals surface area contributed by atoms with Gasteiger partial charge in [-0.25, -0.2) is 4.68 Å². The Labute approximate surface area is 182 Å². The molecule has 1 atom stereocenters. The second-order valence-corrected chi connectivity index (χ2v) is 8.58. The van der Waals surface area contributed by atoms with Crippen molar-refractivity contribution in [2.24, 2.45) is 0 Å². The zero-order valence-electron chi connectivity index (χ0n) is 18.0. The summed E-state index contributed by atoms with van der Waals surface area (Å²) in [5.74, 6) is 0.942. The van der Waals surface area contributed by atoms with E-state index in [1.54, 1.807) is 7.11 Å². The van der Waals surface area contributed by atoms with Gasteiger partial charge in [0.05, 0.1) is 19.3 Å². The van der Waals surface area contributed by atoms with Gasteiger partial charge < -0.3 is 9.64 Å². The fourth-order valence-corrected chi connectivity index (χ4v) is 4.92. The molecule has 0 saturated carbocycles. The van der Waals surface area contributed by atoms with Gasteiger partial charge >= 0.3 is 0 Å². The van der Waals surface area contributed by atoms with Crippen LogP contribution < -0.4 is 4.74 Å². The molecule has 162 valence electrons. The smallest absolute Gasteiger partial charge is 0.276 e. The molecule has 7 nitrogen and oxygen atoms in total. The van der Waals surface area contributed by atoms with E-state index in [2.05, 4.69) is 51.6 Å². The Bertz CT molecular complexity index is 1070. The van der Waals surface area contributed by atoms with Gasteiger partial charge in [-0.3, -0.25) is 9.69 Å². The summed E-state index contributed by atoms with van der Waals surface area (Å²) in [6.07, 6.45) is 6.13. The maximum absolute atomic E-state index is 12.6. The predicted molar refractivity (Wildman–Crippen MR) is 119 cm³/mol. The van der Waals surface area contributed by atoms with Crippen molar-refractivity contribution in [1.82, 2.24) is 24.8 Å². The number of piperidine rings is 1. The Balaban J connectivity index is 1.33. The zero-order chi connectivity index (χ0) is 21.2. The van der Waals surface area contributed by atoms with E-state index in [1.165, 1.54) is 16.3 Å². The number of rotatable bonds is 5. The Kier molecular flexibility index (Phi) is 5.59. The Morgan fingerprint density at radius 1 is 1.10 bits per heavy atom. The number of methoxy groups -OCH3 is 1. The molecule has 2 saturated heterocycles. The first kappa shape index (κ1) is 20.0. The molecule has 2 aromatic carbocycles. The summed E-state index contributed by atoms with van der Waals surface area (Å²) in [6, 6.07) is 12.9. The molecule has 2 aliphatic heterocycles. The number of carbonyl (C=O) groups is 1. The average Bonchev–Trinajstić information content (AvgIpc) is 3.52. The third-order valence-electron chi connectivity index (χ3n) is 6.58. The van der Waals surface area contributed by atoms with Crippen LogP contribution in [-0.4, -0.2) is 64.0 Å². The van der Waals surface area contributed by atoms with E-state index in [0.717, 1.165) is 64.2 Å². The van der Waals surface area contributed by atoms with Crippen LogP contribution in [0, 0.1) is 0 Å². The number of hydrogen-bond donors (Lipinski definition) is 0. The number of amides is 1. The van der Waals surface area contributed by atoms with Gasteiger partial charge in [-0.15, -0.1) is 5.10 Å². The van der Waals surface area contributed by atoms with Crippen LogP contribution >= 0.6 is 0 Å². The zero-order valence-corrected chi connectivity index (χ0v) is 18.0. The van der Waals surface area contributed by atoms with Gasteiger partial charge in [-0.05, 0) is 49.1 Å². The van der Waals surface area contributed by atoms with Crippen LogP contribution in [0.15, 0.2) is 42.6 Å². The Hall–Kier alpha value is -2.93. The van der Waals surface area contributed by atoms with Gasteiger partial charge in [0.1, 0.15) is 5.75 Å². The van der Waals surface area contributed by atoms with Crippen LogP contribution in [0.1, 0.15) is 47.8 Å². The number of ether oxygens (including phenoxy) is 1. The number of hydrogen-bond acceptors (Lipinski definition) is 5. The monoisotopic (exact) mass is 419 g/mol. The van der Waals surface area contributed by atoms with E-state index in [1.807, 2.05) is 15.8 Å². The number of nitrogens with zero attached hydrogens (tertiary/aromatic N) is 5. The van der Waals surface area contributed by atoms with Crippen LogP contribution in [-0.2, 0) is 6.54 Å². The number of carbonyl (C=O) groups excluding carboxylic acids is 1. The highest BCUT2D eigenvalue weighted by atomic mass is 16.5. The average molecular weight is 420 g/mol. The minimum atomic E-state index is 0.0110. The van der Waals surface area contributed by atoms with Crippen LogP contribution in [0.2, 0.25) is 0 Å². The first-order chi connectivity index (χ1) is 15.2. The quantitative estimate of drug-likeness (QED) is 0.633. The molecule has 3 aromatic rings. The van der Waals surface area contributed by atoms with Crippen molar-refractivity contribution in [1.29, 1.82) is 0 Å². The molecule has 0 aliphatic carbocycles. The molecule has 31 heavy (non-hydrogen) atoms. The third kappa shape index (κ3) is 4.02. The summed E-state index contributed by atoms with van der Waals surface area (Å²) in [5.41, 5.74) is 1.69. The summed E-state index contributed by atoms with van der Waals surface area (Å²) < 4.78 is 7.59. The first-order valence-corrected chi connectivity index (χ1v) is 11.2. The van der Waals surface area contributed by atoms with Crippen molar-refractivity contribution in [2.75, 3.05) is 33.3 Å². The Morgan fingerprint density at radius 2 is 1.94 bits per heavy atom. The van der Waals surface area contributed by atoms with Crippen molar-refractivity contribution >= 4 is 16.7 Å². The summed E-state index contributed by atoms with van der Waals surface area (Å²) in [5, 5.41) is 11.0. The Morgan fingerprint density at radius 3 is 2.77 bits per heavy atom. The van der Waals surface area contributed by atoms with Gasteiger partial charge in [-0.1, -0.05) is 35.5 Å². The molecule has 2 fully saturated rings. The highest BCUT2D eigenvalue weighted by Gasteiger charge is 2.26. The van der Waals surface area contributed by atoms with Gasteiger partial charge in [-0.2, -0.15) is 0 Å². The van der Waals surface area contributed by atoms with Crippen molar-refractivity contribution in [3.05, 3.63) is 53.9 Å². The number of benzene rings is 2. The highest BCUT2D eigenvalue weighted by Crippen LogP contribution is 2.31. The molecule has 0 N–H and O–H groups in total. The molecular weight excluding hydrogens is 390 g/mol. The normalized spacial score (nSPS) is 19.8. The maximum atomic E-state index is 12.6. The standard InChI is InChI=1S/C24H29N5O2/c1-31-23-11-10-18-7-2-3-9-20(18)21(23)16-27-12-6-8-19(15-27)29-17-22(25-26-29)24(30)28-13-4-5-14-28/h2-3,7,9-11,17,19H,4-6,8,12-16H2,1H3. The van der Waals surface area contributed by atoms with E-state index >= 15 is 0 Å². The minimum Gasteiger partial charge on any atom is -0.496 e. The topological polar surface area (TPSA) is 63.5 Å². The molecule has 0 spiro atoms. The van der Waals surface area contributed by atoms with Crippen molar-refractivity contribution in [3.8, 4) is 5.75 Å². The lowest BCUT2D eigenvalue weighted by Crippen LogP contribution is -2.36. The van der Waals surface area contributed by atoms with Crippen LogP contribution in [0.25, 0.3) is 10.8 Å². The van der Waals surface area contributed by atoms with Gasteiger partial charge in [0, 0.05) is 31.7 Å². The van der Waals surface area contributed by atoms with E-state index in [0.29, 0.717) is 5.69 Å². The molecule has 0 radical (unpaired) electrons. The predicted octanol–water partition coefficient (Wildman–Crippen LogP) is 3.51. The summed E-state index contributed by atoms with van der Waals surface area (Å²) in [4.78, 5) is 17.0. The molecule has 3 heterocycles. The van der Waals surface area contributed by atoms with E-state index < -0.39 is 0 Å². The molecule has 5 rings (SSSR count). The second kappa shape index (κ2) is 8.67. The van der Waals surface area contributed by atoms with Crippen molar-refractivity contribution in [3.63, 3.8) is 0 Å². The number of fused-ring (bicyclic) bond motifs is 1. The van der Waals surface area contributed by atoms with E-state index in [4.69, 9.17) is 4.74 Å². The van der Waals surface area contributed by atoms with E-state index in [9.17, 15) is 4.79 Å². The maximum Gasteiger partial charge on any atom is 0.276 e. The molecule has 1 aromatic heterocycles. The number of likely N-dealkylation sites (tertiary alicyclic amines) is 2. The van der Waals surface area contributed by atoms with Crippen molar-refractivity contribution in [2.45, 2.75) is 38.3 Å². The molecule has 1 unspecified atom stereocenters. The summed E-state index contributed by atoms with van der Waals surface area (Å²) in [7, 11) is 1.74. The summed E-state index contributed by atoms with van der Waals surface area (Å²) in [6.45, 7) is 4.41. The van der Waals surface area contributed by atoms with Gasteiger partial charge in [0.15, 0.2) is 5.69 Å². The fourth-order valence-electron chi connectivity index (χ4n) is 4.92. The van der Waals surface area contributed by atoms with Gasteiger partial charge in [0.2, 0.25) is 0 Å². The third-order valence-corrected chi connectivity index (χ3v) is 6.58. The molecule has 7 heteroatoms. The van der Waals surface area contributed by atoms with Gasteiger partial charge in [0.25, 0.3) is 5.91 Å². The molecular formula is C24H29N5O2. The van der Waals surface area contributed by atoms with E-state index in [-0.39, 0.29) is 11.9 Å².